The van der Waals surface area contributed by atoms with E-state index in [2.05, 4.69) is 10.6 Å². The molecular weight excluding hydrogens is 388 g/mol. The van der Waals surface area contributed by atoms with Crippen LogP contribution in [0.4, 0.5) is 9.59 Å². The summed E-state index contributed by atoms with van der Waals surface area (Å²) in [6.45, 7) is 5.36. The van der Waals surface area contributed by atoms with E-state index in [-0.39, 0.29) is 18.7 Å². The molecule has 0 bridgehead atoms. The van der Waals surface area contributed by atoms with Crippen LogP contribution in [0.25, 0.3) is 0 Å². The van der Waals surface area contributed by atoms with Gasteiger partial charge in [0, 0.05) is 6.54 Å². The molecule has 0 spiro atoms. The number of hydrogen-bond acceptors (Lipinski definition) is 5. The number of carbonyl (C=O) groups is 3. The summed E-state index contributed by atoms with van der Waals surface area (Å²) in [5, 5.41) is 14.4. The number of hydrogen-bond donors (Lipinski definition) is 3. The number of ether oxygens (including phenoxy) is 2. The summed E-state index contributed by atoms with van der Waals surface area (Å²) in [7, 11) is 0. The quantitative estimate of drug-likeness (QED) is 0.634. The molecule has 0 aliphatic carbocycles. The lowest BCUT2D eigenvalue weighted by Crippen LogP contribution is -2.40. The predicted molar refractivity (Wildman–Crippen MR) is 110 cm³/mol. The van der Waals surface area contributed by atoms with Crippen LogP contribution >= 0.6 is 0 Å². The third-order valence-electron chi connectivity index (χ3n) is 3.91. The molecular formula is C22H26N2O6. The van der Waals surface area contributed by atoms with Gasteiger partial charge in [-0.25, -0.2) is 14.4 Å². The van der Waals surface area contributed by atoms with Crippen LogP contribution < -0.4 is 10.6 Å². The number of rotatable bonds is 7. The van der Waals surface area contributed by atoms with E-state index < -0.39 is 29.8 Å². The first kappa shape index (κ1) is 22.7. The summed E-state index contributed by atoms with van der Waals surface area (Å²) in [5.74, 6) is -1.06. The molecule has 30 heavy (non-hydrogen) atoms. The number of amides is 2. The molecule has 0 saturated heterocycles. The third kappa shape index (κ3) is 7.83. The number of carboxylic acids is 1. The number of nitrogens with one attached hydrogen (secondary N) is 2. The highest BCUT2D eigenvalue weighted by Gasteiger charge is 2.20. The van der Waals surface area contributed by atoms with E-state index in [0.717, 1.165) is 5.56 Å². The van der Waals surface area contributed by atoms with Crippen molar-refractivity contribution >= 4 is 18.2 Å². The molecule has 3 N–H and O–H groups in total. The molecule has 0 fully saturated rings. The van der Waals surface area contributed by atoms with Crippen molar-refractivity contribution in [1.82, 2.24) is 10.6 Å². The van der Waals surface area contributed by atoms with Crippen molar-refractivity contribution in [3.63, 3.8) is 0 Å². The van der Waals surface area contributed by atoms with Crippen LogP contribution in [0.5, 0.6) is 0 Å². The van der Waals surface area contributed by atoms with Crippen LogP contribution in [0, 0.1) is 0 Å². The van der Waals surface area contributed by atoms with Gasteiger partial charge in [0.15, 0.2) is 0 Å². The van der Waals surface area contributed by atoms with E-state index in [4.69, 9.17) is 14.6 Å². The van der Waals surface area contributed by atoms with Gasteiger partial charge in [-0.15, -0.1) is 0 Å². The summed E-state index contributed by atoms with van der Waals surface area (Å²) in [6, 6.07) is 14.6. The fraction of sp³-hybridized carbons (Fsp3) is 0.318. The summed E-state index contributed by atoms with van der Waals surface area (Å²) < 4.78 is 10.5. The second kappa shape index (κ2) is 10.3. The first-order valence-corrected chi connectivity index (χ1v) is 9.41. The van der Waals surface area contributed by atoms with Gasteiger partial charge in [-0.2, -0.15) is 0 Å². The molecule has 0 aromatic heterocycles. The molecule has 8 nitrogen and oxygen atoms in total. The highest BCUT2D eigenvalue weighted by molar-refractivity contribution is 5.87. The average Bonchev–Trinajstić information content (AvgIpc) is 2.69. The van der Waals surface area contributed by atoms with E-state index in [1.165, 1.54) is 12.1 Å². The monoisotopic (exact) mass is 414 g/mol. The first-order valence-electron chi connectivity index (χ1n) is 9.41. The molecule has 2 aromatic carbocycles. The minimum absolute atomic E-state index is 0.0295. The van der Waals surface area contributed by atoms with Gasteiger partial charge >= 0.3 is 18.2 Å². The minimum atomic E-state index is -1.06. The Morgan fingerprint density at radius 3 is 2.17 bits per heavy atom. The van der Waals surface area contributed by atoms with Gasteiger partial charge in [0.2, 0.25) is 0 Å². The van der Waals surface area contributed by atoms with E-state index in [1.807, 2.05) is 30.3 Å². The Hall–Kier alpha value is -3.55. The number of aromatic carboxylic acids is 1. The zero-order chi connectivity index (χ0) is 22.1. The number of carbonyl (C=O) groups excluding carboxylic acids is 2. The topological polar surface area (TPSA) is 114 Å². The summed E-state index contributed by atoms with van der Waals surface area (Å²) >= 11 is 0. The van der Waals surface area contributed by atoms with Crippen molar-refractivity contribution in [1.29, 1.82) is 0 Å². The van der Waals surface area contributed by atoms with Crippen molar-refractivity contribution in [3.05, 3.63) is 71.3 Å². The average molecular weight is 414 g/mol. The summed E-state index contributed by atoms with van der Waals surface area (Å²) in [6.07, 6.45) is -1.30. The molecule has 1 atom stereocenters. The highest BCUT2D eigenvalue weighted by Crippen LogP contribution is 2.15. The van der Waals surface area contributed by atoms with Gasteiger partial charge in [0.05, 0.1) is 11.6 Å². The van der Waals surface area contributed by atoms with Crippen molar-refractivity contribution in [2.24, 2.45) is 0 Å². The molecule has 0 saturated carbocycles. The lowest BCUT2D eigenvalue weighted by atomic mass is 10.0. The van der Waals surface area contributed by atoms with Crippen LogP contribution in [-0.2, 0) is 16.1 Å². The largest absolute Gasteiger partial charge is 0.478 e. The molecule has 2 rings (SSSR count). The fourth-order valence-corrected chi connectivity index (χ4v) is 2.52. The van der Waals surface area contributed by atoms with E-state index in [0.29, 0.717) is 5.56 Å². The Kier molecular flexibility index (Phi) is 7.80. The van der Waals surface area contributed by atoms with Crippen LogP contribution in [0.1, 0.15) is 48.3 Å². The zero-order valence-corrected chi connectivity index (χ0v) is 17.2. The molecule has 0 aliphatic heterocycles. The summed E-state index contributed by atoms with van der Waals surface area (Å²) in [4.78, 5) is 35.3. The van der Waals surface area contributed by atoms with Gasteiger partial charge in [0.1, 0.15) is 12.2 Å². The molecule has 0 radical (unpaired) electrons. The van der Waals surface area contributed by atoms with E-state index >= 15 is 0 Å². The van der Waals surface area contributed by atoms with Gasteiger partial charge in [-0.05, 0) is 44.0 Å². The maximum Gasteiger partial charge on any atom is 0.408 e. The zero-order valence-electron chi connectivity index (χ0n) is 17.2. The van der Waals surface area contributed by atoms with E-state index in [9.17, 15) is 14.4 Å². The molecule has 2 aromatic rings. The Morgan fingerprint density at radius 2 is 1.60 bits per heavy atom. The standard InChI is InChI=1S/C22H26N2O6/c1-22(2,3)30-20(27)23-13-18(16-9-11-17(12-10-16)19(25)26)24-21(28)29-14-15-7-5-4-6-8-15/h4-12,18H,13-14H2,1-3H3,(H,23,27)(H,24,28)(H,25,26)/t18-/m1/s1. The molecule has 0 heterocycles. The molecule has 160 valence electrons. The predicted octanol–water partition coefficient (Wildman–Crippen LogP) is 3.88. The second-order valence-corrected chi connectivity index (χ2v) is 7.57. The Balaban J connectivity index is 2.04. The van der Waals surface area contributed by atoms with Crippen molar-refractivity contribution in [2.45, 2.75) is 39.0 Å². The smallest absolute Gasteiger partial charge is 0.408 e. The lowest BCUT2D eigenvalue weighted by Gasteiger charge is -2.23. The van der Waals surface area contributed by atoms with Gasteiger partial charge < -0.3 is 25.2 Å². The Bertz CT molecular complexity index is 859. The fourth-order valence-electron chi connectivity index (χ4n) is 2.52. The Morgan fingerprint density at radius 1 is 0.967 bits per heavy atom. The molecule has 8 heteroatoms. The third-order valence-corrected chi connectivity index (χ3v) is 3.91. The maximum atomic E-state index is 12.3. The summed E-state index contributed by atoms with van der Waals surface area (Å²) in [5.41, 5.74) is 0.893. The highest BCUT2D eigenvalue weighted by atomic mass is 16.6. The van der Waals surface area contributed by atoms with Crippen LogP contribution in [-0.4, -0.2) is 35.4 Å². The maximum absolute atomic E-state index is 12.3. The van der Waals surface area contributed by atoms with Crippen molar-refractivity contribution in [3.8, 4) is 0 Å². The van der Waals surface area contributed by atoms with Gasteiger partial charge in [-0.3, -0.25) is 0 Å². The number of alkyl carbamates (subject to hydrolysis) is 2. The Labute approximate surface area is 175 Å². The second-order valence-electron chi connectivity index (χ2n) is 7.57. The first-order chi connectivity index (χ1) is 14.1. The van der Waals surface area contributed by atoms with Crippen LogP contribution in [0.3, 0.4) is 0 Å². The molecule has 2 amide bonds. The lowest BCUT2D eigenvalue weighted by molar-refractivity contribution is 0.0520. The van der Waals surface area contributed by atoms with Gasteiger partial charge in [0.25, 0.3) is 0 Å². The van der Waals surface area contributed by atoms with Crippen molar-refractivity contribution < 1.29 is 29.0 Å². The van der Waals surface area contributed by atoms with Crippen LogP contribution in [0.15, 0.2) is 54.6 Å². The number of carboxylic acid groups (broad SMARTS) is 1. The van der Waals surface area contributed by atoms with Gasteiger partial charge in [-0.1, -0.05) is 42.5 Å². The molecule has 0 aliphatic rings. The minimum Gasteiger partial charge on any atom is -0.478 e. The normalized spacial score (nSPS) is 11.8. The SMILES string of the molecule is CC(C)(C)OC(=O)NC[C@@H](NC(=O)OCc1ccccc1)c1ccc(C(=O)O)cc1. The number of benzene rings is 2. The van der Waals surface area contributed by atoms with E-state index in [1.54, 1.807) is 32.9 Å². The molecule has 0 unspecified atom stereocenters. The van der Waals surface area contributed by atoms with Crippen LogP contribution in [0.2, 0.25) is 0 Å². The van der Waals surface area contributed by atoms with Crippen molar-refractivity contribution in [2.75, 3.05) is 6.54 Å².